The lowest BCUT2D eigenvalue weighted by atomic mass is 10.2. The van der Waals surface area contributed by atoms with Gasteiger partial charge in [0.15, 0.2) is 0 Å². The Balaban J connectivity index is 2.05. The van der Waals surface area contributed by atoms with Gasteiger partial charge in [0, 0.05) is 26.3 Å². The van der Waals surface area contributed by atoms with E-state index >= 15 is 0 Å². The Bertz CT molecular complexity index is 314. The Morgan fingerprint density at radius 1 is 1.24 bits per heavy atom. The topological polar surface area (TPSA) is 50.4 Å². The van der Waals surface area contributed by atoms with Crippen molar-refractivity contribution in [1.82, 2.24) is 10.6 Å². The molecule has 0 unspecified atom stereocenters. The van der Waals surface area contributed by atoms with Gasteiger partial charge in [-0.05, 0) is 18.9 Å². The summed E-state index contributed by atoms with van der Waals surface area (Å²) in [6, 6.07) is 9.70. The van der Waals surface area contributed by atoms with Crippen LogP contribution in [-0.4, -0.2) is 25.8 Å². The van der Waals surface area contributed by atoms with Crippen molar-refractivity contribution in [3.05, 3.63) is 35.9 Å². The van der Waals surface area contributed by atoms with Crippen LogP contribution in [0.2, 0.25) is 0 Å². The average molecular weight is 236 g/mol. The molecule has 1 aromatic carbocycles. The maximum Gasteiger partial charge on any atom is 0.315 e. The summed E-state index contributed by atoms with van der Waals surface area (Å²) in [5.41, 5.74) is 1.09. The van der Waals surface area contributed by atoms with E-state index in [2.05, 4.69) is 10.6 Å². The van der Waals surface area contributed by atoms with E-state index in [-0.39, 0.29) is 6.03 Å². The van der Waals surface area contributed by atoms with E-state index in [0.717, 1.165) is 18.6 Å². The number of hydrogen-bond donors (Lipinski definition) is 2. The van der Waals surface area contributed by atoms with Gasteiger partial charge in [0.2, 0.25) is 0 Å². The summed E-state index contributed by atoms with van der Waals surface area (Å²) >= 11 is 0. The van der Waals surface area contributed by atoms with Gasteiger partial charge in [-0.15, -0.1) is 0 Å². The van der Waals surface area contributed by atoms with Gasteiger partial charge < -0.3 is 15.4 Å². The molecule has 0 atom stereocenters. The van der Waals surface area contributed by atoms with Gasteiger partial charge in [-0.3, -0.25) is 0 Å². The van der Waals surface area contributed by atoms with Crippen LogP contribution in [0.25, 0.3) is 0 Å². The fraction of sp³-hybridized carbons (Fsp3) is 0.462. The zero-order valence-corrected chi connectivity index (χ0v) is 10.2. The average Bonchev–Trinajstić information content (AvgIpc) is 2.37. The molecule has 0 aromatic heterocycles. The number of carbonyl (C=O) groups is 1. The molecule has 0 saturated carbocycles. The Labute approximate surface area is 102 Å². The summed E-state index contributed by atoms with van der Waals surface area (Å²) in [7, 11) is 0. The number of hydrogen-bond acceptors (Lipinski definition) is 2. The number of ether oxygens (including phenoxy) is 1. The minimum absolute atomic E-state index is 0.134. The van der Waals surface area contributed by atoms with Crippen LogP contribution in [0, 0.1) is 0 Å². The zero-order valence-electron chi connectivity index (χ0n) is 10.2. The van der Waals surface area contributed by atoms with Crippen molar-refractivity contribution in [2.45, 2.75) is 19.9 Å². The first-order chi connectivity index (χ1) is 8.33. The molecule has 0 radical (unpaired) electrons. The normalized spacial score (nSPS) is 9.94. The third-order valence-corrected chi connectivity index (χ3v) is 2.25. The SMILES string of the molecule is CCOCCCNC(=O)NCc1ccccc1. The second-order valence-electron chi connectivity index (χ2n) is 3.65. The molecule has 0 bridgehead atoms. The fourth-order valence-corrected chi connectivity index (χ4v) is 1.36. The Morgan fingerprint density at radius 2 is 2.00 bits per heavy atom. The quantitative estimate of drug-likeness (QED) is 0.710. The Kier molecular flexibility index (Phi) is 6.82. The van der Waals surface area contributed by atoms with Gasteiger partial charge in [-0.2, -0.15) is 0 Å². The van der Waals surface area contributed by atoms with E-state index in [1.165, 1.54) is 0 Å². The van der Waals surface area contributed by atoms with Crippen molar-refractivity contribution < 1.29 is 9.53 Å². The Hall–Kier alpha value is -1.55. The third-order valence-electron chi connectivity index (χ3n) is 2.25. The monoisotopic (exact) mass is 236 g/mol. The van der Waals surface area contributed by atoms with Gasteiger partial charge >= 0.3 is 6.03 Å². The zero-order chi connectivity index (χ0) is 12.3. The summed E-state index contributed by atoms with van der Waals surface area (Å²) in [4.78, 5) is 11.4. The van der Waals surface area contributed by atoms with Gasteiger partial charge in [-0.1, -0.05) is 30.3 Å². The fourth-order valence-electron chi connectivity index (χ4n) is 1.36. The van der Waals surface area contributed by atoms with Crippen molar-refractivity contribution >= 4 is 6.03 Å². The molecule has 1 aromatic rings. The first-order valence-electron chi connectivity index (χ1n) is 5.96. The second kappa shape index (κ2) is 8.58. The van der Waals surface area contributed by atoms with E-state index < -0.39 is 0 Å². The molecule has 17 heavy (non-hydrogen) atoms. The molecule has 4 nitrogen and oxygen atoms in total. The molecule has 0 heterocycles. The van der Waals surface area contributed by atoms with E-state index in [1.54, 1.807) is 0 Å². The van der Waals surface area contributed by atoms with Crippen molar-refractivity contribution in [3.8, 4) is 0 Å². The standard InChI is InChI=1S/C13H20N2O2/c1-2-17-10-6-9-14-13(16)15-11-12-7-4-3-5-8-12/h3-5,7-8H,2,6,9-11H2,1H3,(H2,14,15,16). The minimum atomic E-state index is -0.134. The van der Waals surface area contributed by atoms with Gasteiger partial charge in [-0.25, -0.2) is 4.79 Å². The number of carbonyl (C=O) groups excluding carboxylic acids is 1. The number of benzene rings is 1. The van der Waals surface area contributed by atoms with Crippen molar-refractivity contribution in [2.24, 2.45) is 0 Å². The van der Waals surface area contributed by atoms with E-state index in [4.69, 9.17) is 4.74 Å². The summed E-state index contributed by atoms with van der Waals surface area (Å²) in [6.45, 7) is 4.56. The van der Waals surface area contributed by atoms with Crippen LogP contribution in [0.15, 0.2) is 30.3 Å². The van der Waals surface area contributed by atoms with Crippen molar-refractivity contribution in [1.29, 1.82) is 0 Å². The summed E-state index contributed by atoms with van der Waals surface area (Å²) in [5, 5.41) is 5.58. The highest BCUT2D eigenvalue weighted by molar-refractivity contribution is 5.73. The lowest BCUT2D eigenvalue weighted by molar-refractivity contribution is 0.145. The van der Waals surface area contributed by atoms with E-state index in [9.17, 15) is 4.79 Å². The first-order valence-corrected chi connectivity index (χ1v) is 5.96. The summed E-state index contributed by atoms with van der Waals surface area (Å²) in [6.07, 6.45) is 0.840. The smallest absolute Gasteiger partial charge is 0.315 e. The van der Waals surface area contributed by atoms with Crippen LogP contribution in [0.3, 0.4) is 0 Å². The number of nitrogens with one attached hydrogen (secondary N) is 2. The van der Waals surface area contributed by atoms with Crippen LogP contribution in [0.1, 0.15) is 18.9 Å². The molecular weight excluding hydrogens is 216 g/mol. The highest BCUT2D eigenvalue weighted by atomic mass is 16.5. The van der Waals surface area contributed by atoms with Crippen LogP contribution < -0.4 is 10.6 Å². The van der Waals surface area contributed by atoms with Gasteiger partial charge in [0.25, 0.3) is 0 Å². The Morgan fingerprint density at radius 3 is 2.71 bits per heavy atom. The van der Waals surface area contributed by atoms with Crippen molar-refractivity contribution in [3.63, 3.8) is 0 Å². The number of urea groups is 1. The molecule has 0 aliphatic heterocycles. The lowest BCUT2D eigenvalue weighted by Crippen LogP contribution is -2.35. The van der Waals surface area contributed by atoms with E-state index in [1.807, 2.05) is 37.3 Å². The van der Waals surface area contributed by atoms with Crippen LogP contribution in [0.4, 0.5) is 4.79 Å². The maximum atomic E-state index is 11.4. The molecule has 0 spiro atoms. The molecule has 94 valence electrons. The highest BCUT2D eigenvalue weighted by Gasteiger charge is 1.98. The molecule has 1 rings (SSSR count). The first kappa shape index (κ1) is 13.5. The van der Waals surface area contributed by atoms with Gasteiger partial charge in [0.1, 0.15) is 0 Å². The molecule has 0 saturated heterocycles. The van der Waals surface area contributed by atoms with Crippen molar-refractivity contribution in [2.75, 3.05) is 19.8 Å². The summed E-state index contributed by atoms with van der Waals surface area (Å²) in [5.74, 6) is 0. The van der Waals surface area contributed by atoms with Gasteiger partial charge in [0.05, 0.1) is 0 Å². The predicted octanol–water partition coefficient (Wildman–Crippen LogP) is 1.91. The van der Waals surface area contributed by atoms with E-state index in [0.29, 0.717) is 19.7 Å². The molecule has 2 amide bonds. The predicted molar refractivity (Wildman–Crippen MR) is 67.8 cm³/mol. The largest absolute Gasteiger partial charge is 0.382 e. The molecule has 0 aliphatic carbocycles. The lowest BCUT2D eigenvalue weighted by Gasteiger charge is -2.07. The second-order valence-corrected chi connectivity index (χ2v) is 3.65. The molecule has 4 heteroatoms. The van der Waals surface area contributed by atoms with Crippen LogP contribution in [0.5, 0.6) is 0 Å². The van der Waals surface area contributed by atoms with Crippen LogP contribution >= 0.6 is 0 Å². The maximum absolute atomic E-state index is 11.4. The molecular formula is C13H20N2O2. The molecule has 2 N–H and O–H groups in total. The molecule has 0 fully saturated rings. The number of amides is 2. The number of rotatable bonds is 7. The molecule has 0 aliphatic rings. The summed E-state index contributed by atoms with van der Waals surface area (Å²) < 4.78 is 5.17. The van der Waals surface area contributed by atoms with Crippen LogP contribution in [-0.2, 0) is 11.3 Å². The third kappa shape index (κ3) is 6.58. The minimum Gasteiger partial charge on any atom is -0.382 e. The highest BCUT2D eigenvalue weighted by Crippen LogP contribution is 1.96.